The summed E-state index contributed by atoms with van der Waals surface area (Å²) in [6.07, 6.45) is -3.39. The van der Waals surface area contributed by atoms with Gasteiger partial charge in [-0.2, -0.15) is 5.10 Å². The number of carbonyl (C=O) groups excluding carboxylic acids is 1. The highest BCUT2D eigenvalue weighted by molar-refractivity contribution is 7.98. The number of nitrogens with one attached hydrogen (secondary N) is 1. The van der Waals surface area contributed by atoms with Gasteiger partial charge in [-0.05, 0) is 6.26 Å². The van der Waals surface area contributed by atoms with Crippen molar-refractivity contribution in [2.24, 2.45) is 5.73 Å². The molecular weight excluding hydrogens is 342 g/mol. The van der Waals surface area contributed by atoms with E-state index < -0.39 is 42.6 Å². The number of amides is 1. The second kappa shape index (κ2) is 6.14. The standard InChI is InChI=1S/C12H15N5O6S/c1-24-12-14-9-4(10(22)15-12)5(8(13)21)16-17(9)11-7(20)6(19)3(2-18)23-11/h3,6-7,11,18-20H,2H2,1H3,(H2,13,21)(H,14,15,22). The molecular formula is C12H15N5O6S. The molecule has 0 bridgehead atoms. The highest BCUT2D eigenvalue weighted by atomic mass is 32.2. The minimum Gasteiger partial charge on any atom is -0.394 e. The largest absolute Gasteiger partial charge is 0.394 e. The number of rotatable bonds is 4. The van der Waals surface area contributed by atoms with Gasteiger partial charge in [0.15, 0.2) is 22.7 Å². The Morgan fingerprint density at radius 1 is 1.46 bits per heavy atom. The second-order valence-corrected chi connectivity index (χ2v) is 5.96. The number of thioether (sulfide) groups is 1. The molecule has 3 heterocycles. The van der Waals surface area contributed by atoms with Crippen LogP contribution in [0.3, 0.4) is 0 Å². The Labute approximate surface area is 138 Å². The first-order chi connectivity index (χ1) is 11.4. The number of hydrogen-bond donors (Lipinski definition) is 5. The molecule has 11 nitrogen and oxygen atoms in total. The van der Waals surface area contributed by atoms with Crippen LogP contribution in [0.2, 0.25) is 0 Å². The number of primary amides is 1. The van der Waals surface area contributed by atoms with E-state index in [-0.39, 0.29) is 21.9 Å². The molecule has 4 atom stereocenters. The molecule has 2 aromatic heterocycles. The molecule has 24 heavy (non-hydrogen) atoms. The predicted octanol–water partition coefficient (Wildman–Crippen LogP) is -2.45. The summed E-state index contributed by atoms with van der Waals surface area (Å²) in [4.78, 5) is 30.5. The van der Waals surface area contributed by atoms with Gasteiger partial charge in [-0.15, -0.1) is 0 Å². The van der Waals surface area contributed by atoms with Gasteiger partial charge in [0.2, 0.25) is 0 Å². The van der Waals surface area contributed by atoms with Crippen LogP contribution in [0.1, 0.15) is 16.7 Å². The van der Waals surface area contributed by atoms with Crippen molar-refractivity contribution in [3.8, 4) is 0 Å². The van der Waals surface area contributed by atoms with Gasteiger partial charge in [-0.1, -0.05) is 11.8 Å². The zero-order valence-electron chi connectivity index (χ0n) is 12.4. The Balaban J connectivity index is 2.23. The van der Waals surface area contributed by atoms with E-state index in [1.165, 1.54) is 0 Å². The maximum Gasteiger partial charge on any atom is 0.270 e. The fourth-order valence-electron chi connectivity index (χ4n) is 2.55. The van der Waals surface area contributed by atoms with Crippen LogP contribution in [-0.2, 0) is 4.74 Å². The van der Waals surface area contributed by atoms with Crippen molar-refractivity contribution in [1.29, 1.82) is 0 Å². The molecule has 6 N–H and O–H groups in total. The molecule has 1 saturated heterocycles. The lowest BCUT2D eigenvalue weighted by Crippen LogP contribution is -2.33. The van der Waals surface area contributed by atoms with Crippen molar-refractivity contribution >= 4 is 28.7 Å². The maximum atomic E-state index is 12.2. The van der Waals surface area contributed by atoms with Crippen molar-refractivity contribution in [3.05, 3.63) is 16.0 Å². The van der Waals surface area contributed by atoms with Crippen LogP contribution in [0.4, 0.5) is 0 Å². The number of H-pyrrole nitrogens is 1. The molecule has 130 valence electrons. The van der Waals surface area contributed by atoms with Crippen molar-refractivity contribution in [1.82, 2.24) is 19.7 Å². The fourth-order valence-corrected chi connectivity index (χ4v) is 2.93. The predicted molar refractivity (Wildman–Crippen MR) is 81.5 cm³/mol. The number of nitrogens with two attached hydrogens (primary N) is 1. The molecule has 0 radical (unpaired) electrons. The van der Waals surface area contributed by atoms with E-state index in [4.69, 9.17) is 10.5 Å². The first-order valence-electron chi connectivity index (χ1n) is 6.87. The summed E-state index contributed by atoms with van der Waals surface area (Å²) in [5.41, 5.74) is 4.29. The zero-order valence-corrected chi connectivity index (χ0v) is 13.2. The second-order valence-electron chi connectivity index (χ2n) is 5.16. The molecule has 0 aliphatic carbocycles. The lowest BCUT2D eigenvalue weighted by Gasteiger charge is -2.15. The van der Waals surface area contributed by atoms with E-state index in [2.05, 4.69) is 15.1 Å². The van der Waals surface area contributed by atoms with E-state index in [1.54, 1.807) is 6.26 Å². The molecule has 1 aliphatic rings. The molecule has 4 unspecified atom stereocenters. The van der Waals surface area contributed by atoms with Gasteiger partial charge in [-0.3, -0.25) is 9.59 Å². The van der Waals surface area contributed by atoms with Gasteiger partial charge >= 0.3 is 0 Å². The van der Waals surface area contributed by atoms with Gasteiger partial charge in [0.05, 0.1) is 6.61 Å². The molecule has 12 heteroatoms. The van der Waals surface area contributed by atoms with Crippen molar-refractivity contribution in [2.75, 3.05) is 12.9 Å². The number of nitrogens with zero attached hydrogens (tertiary/aromatic N) is 3. The first-order valence-corrected chi connectivity index (χ1v) is 8.10. The molecule has 3 rings (SSSR count). The van der Waals surface area contributed by atoms with Crippen LogP contribution in [0.15, 0.2) is 9.95 Å². The number of carbonyl (C=O) groups is 1. The third-order valence-corrected chi connectivity index (χ3v) is 4.31. The van der Waals surface area contributed by atoms with E-state index in [0.29, 0.717) is 0 Å². The monoisotopic (exact) mass is 357 g/mol. The number of aromatic amines is 1. The number of aliphatic hydroxyl groups excluding tert-OH is 3. The van der Waals surface area contributed by atoms with Gasteiger partial charge in [0, 0.05) is 0 Å². The first kappa shape index (κ1) is 16.9. The zero-order chi connectivity index (χ0) is 17.6. The van der Waals surface area contributed by atoms with Gasteiger partial charge < -0.3 is 30.8 Å². The minimum atomic E-state index is -1.44. The van der Waals surface area contributed by atoms with Crippen LogP contribution in [0, 0.1) is 0 Å². The molecule has 1 aliphatic heterocycles. The summed E-state index contributed by atoms with van der Waals surface area (Å²) in [5, 5.41) is 33.2. The van der Waals surface area contributed by atoms with Crippen LogP contribution in [0.25, 0.3) is 11.0 Å². The topological polar surface area (TPSA) is 177 Å². The van der Waals surface area contributed by atoms with Gasteiger partial charge in [0.25, 0.3) is 11.5 Å². The van der Waals surface area contributed by atoms with Crippen molar-refractivity contribution in [3.63, 3.8) is 0 Å². The summed E-state index contributed by atoms with van der Waals surface area (Å²) in [6.45, 7) is -0.527. The average Bonchev–Trinajstić information content (AvgIpc) is 3.07. The highest BCUT2D eigenvalue weighted by Crippen LogP contribution is 2.31. The van der Waals surface area contributed by atoms with Crippen molar-refractivity contribution < 1.29 is 24.9 Å². The lowest BCUT2D eigenvalue weighted by molar-refractivity contribution is -0.0567. The Kier molecular flexibility index (Phi) is 4.31. The Morgan fingerprint density at radius 3 is 2.71 bits per heavy atom. The van der Waals surface area contributed by atoms with Gasteiger partial charge in [-0.25, -0.2) is 9.67 Å². The van der Waals surface area contributed by atoms with E-state index in [0.717, 1.165) is 16.4 Å². The molecule has 0 aromatic carbocycles. The molecule has 0 saturated carbocycles. The SMILES string of the molecule is CSc1nc2c(c(C(N)=O)nn2C2OC(CO)C(O)C2O)c(=O)[nH]1. The number of aliphatic hydroxyl groups is 3. The van der Waals surface area contributed by atoms with Crippen LogP contribution in [-0.4, -0.2) is 72.1 Å². The number of aromatic nitrogens is 4. The third kappa shape index (κ3) is 2.48. The van der Waals surface area contributed by atoms with E-state index in [9.17, 15) is 24.9 Å². The Bertz CT molecular complexity index is 850. The molecule has 0 spiro atoms. The summed E-state index contributed by atoms with van der Waals surface area (Å²) in [7, 11) is 0. The number of hydrogen-bond acceptors (Lipinski definition) is 9. The normalized spacial score (nSPS) is 27.0. The highest BCUT2D eigenvalue weighted by Gasteiger charge is 2.45. The maximum absolute atomic E-state index is 12.2. The number of ether oxygens (including phenoxy) is 1. The van der Waals surface area contributed by atoms with E-state index >= 15 is 0 Å². The average molecular weight is 357 g/mol. The van der Waals surface area contributed by atoms with Crippen LogP contribution >= 0.6 is 11.8 Å². The Morgan fingerprint density at radius 2 is 2.17 bits per heavy atom. The Hall–Kier alpha value is -1.99. The number of fused-ring (bicyclic) bond motifs is 1. The molecule has 1 fully saturated rings. The fraction of sp³-hybridized carbons (Fsp3) is 0.500. The summed E-state index contributed by atoms with van der Waals surface area (Å²) in [6, 6.07) is 0. The quantitative estimate of drug-likeness (QED) is 0.293. The molecule has 1 amide bonds. The summed E-state index contributed by atoms with van der Waals surface area (Å²) < 4.78 is 6.40. The van der Waals surface area contributed by atoms with E-state index in [1.807, 2.05) is 0 Å². The lowest BCUT2D eigenvalue weighted by atomic mass is 10.1. The summed E-state index contributed by atoms with van der Waals surface area (Å²) in [5.74, 6) is -0.949. The van der Waals surface area contributed by atoms with Crippen molar-refractivity contribution in [2.45, 2.75) is 29.7 Å². The smallest absolute Gasteiger partial charge is 0.270 e. The minimum absolute atomic E-state index is 0.0215. The van der Waals surface area contributed by atoms with Crippen LogP contribution in [0.5, 0.6) is 0 Å². The summed E-state index contributed by atoms with van der Waals surface area (Å²) >= 11 is 1.16. The van der Waals surface area contributed by atoms with Gasteiger partial charge in [0.1, 0.15) is 23.7 Å². The third-order valence-electron chi connectivity index (χ3n) is 3.73. The van der Waals surface area contributed by atoms with Crippen LogP contribution < -0.4 is 11.3 Å². The molecule has 2 aromatic rings.